The van der Waals surface area contributed by atoms with Crippen molar-refractivity contribution in [1.29, 1.82) is 0 Å². The number of carbonyl (C=O) groups excluding carboxylic acids is 2. The smallest absolute Gasteiger partial charge is 0.336 e. The van der Waals surface area contributed by atoms with Crippen molar-refractivity contribution in [2.24, 2.45) is 0 Å². The SMILES string of the molecule is COc1ccccc1OCC(=O)NNC(=O)N(C)C(C)c1cc2ccccc2o1. The van der Waals surface area contributed by atoms with Crippen molar-refractivity contribution < 1.29 is 23.5 Å². The minimum atomic E-state index is -0.506. The predicted octanol–water partition coefficient (Wildman–Crippen LogP) is 3.25. The molecule has 0 radical (unpaired) electrons. The third kappa shape index (κ3) is 4.78. The van der Waals surface area contributed by atoms with Crippen LogP contribution in [-0.4, -0.2) is 37.6 Å². The van der Waals surface area contributed by atoms with E-state index in [1.807, 2.05) is 37.3 Å². The summed E-state index contributed by atoms with van der Waals surface area (Å²) >= 11 is 0. The zero-order valence-corrected chi connectivity index (χ0v) is 16.5. The number of para-hydroxylation sites is 3. The van der Waals surface area contributed by atoms with Crippen molar-refractivity contribution in [1.82, 2.24) is 15.8 Å². The molecule has 1 aromatic heterocycles. The van der Waals surface area contributed by atoms with Crippen LogP contribution in [0, 0.1) is 0 Å². The maximum Gasteiger partial charge on any atom is 0.336 e. The number of nitrogens with zero attached hydrogens (tertiary/aromatic N) is 1. The highest BCUT2D eigenvalue weighted by Crippen LogP contribution is 2.27. The van der Waals surface area contributed by atoms with E-state index in [1.54, 1.807) is 31.3 Å². The second-order valence-corrected chi connectivity index (χ2v) is 6.39. The van der Waals surface area contributed by atoms with Crippen LogP contribution in [0.5, 0.6) is 11.5 Å². The monoisotopic (exact) mass is 397 g/mol. The molecule has 8 nitrogen and oxygen atoms in total. The number of benzene rings is 2. The number of ether oxygens (including phenoxy) is 2. The van der Waals surface area contributed by atoms with Gasteiger partial charge in [0.1, 0.15) is 11.3 Å². The molecule has 1 unspecified atom stereocenters. The molecule has 8 heteroatoms. The van der Waals surface area contributed by atoms with E-state index in [2.05, 4.69) is 10.9 Å². The van der Waals surface area contributed by atoms with Crippen LogP contribution in [0.1, 0.15) is 18.7 Å². The highest BCUT2D eigenvalue weighted by molar-refractivity contribution is 5.82. The van der Waals surface area contributed by atoms with Crippen molar-refractivity contribution in [3.05, 3.63) is 60.4 Å². The molecule has 0 spiro atoms. The Labute approximate surface area is 168 Å². The predicted molar refractivity (Wildman–Crippen MR) is 108 cm³/mol. The molecule has 3 aromatic rings. The number of hydrogen-bond donors (Lipinski definition) is 2. The van der Waals surface area contributed by atoms with E-state index in [9.17, 15) is 9.59 Å². The summed E-state index contributed by atoms with van der Waals surface area (Å²) in [6.45, 7) is 1.56. The molecular formula is C21H23N3O5. The molecule has 1 heterocycles. The van der Waals surface area contributed by atoms with Gasteiger partial charge in [-0.25, -0.2) is 10.2 Å². The molecule has 0 aliphatic heterocycles. The van der Waals surface area contributed by atoms with Gasteiger partial charge < -0.3 is 18.8 Å². The van der Waals surface area contributed by atoms with Crippen LogP contribution in [0.25, 0.3) is 11.0 Å². The van der Waals surface area contributed by atoms with Gasteiger partial charge in [-0.05, 0) is 31.2 Å². The highest BCUT2D eigenvalue weighted by Gasteiger charge is 2.21. The first-order chi connectivity index (χ1) is 14.0. The fourth-order valence-corrected chi connectivity index (χ4v) is 2.70. The number of amides is 3. The van der Waals surface area contributed by atoms with Crippen molar-refractivity contribution in [3.8, 4) is 11.5 Å². The lowest BCUT2D eigenvalue weighted by Gasteiger charge is -2.23. The van der Waals surface area contributed by atoms with Crippen LogP contribution in [-0.2, 0) is 4.79 Å². The number of rotatable bonds is 6. The van der Waals surface area contributed by atoms with E-state index < -0.39 is 11.9 Å². The summed E-state index contributed by atoms with van der Waals surface area (Å²) in [5.41, 5.74) is 5.45. The standard InChI is InChI=1S/C21H23N3O5/c1-14(19-12-15-8-4-5-9-16(15)29-19)24(2)21(26)23-22-20(25)13-28-18-11-7-6-10-17(18)27-3/h4-12,14H,13H2,1-3H3,(H,22,25)(H,23,26). The van der Waals surface area contributed by atoms with Crippen molar-refractivity contribution in [3.63, 3.8) is 0 Å². The molecule has 152 valence electrons. The number of hydrogen-bond acceptors (Lipinski definition) is 5. The Kier molecular flexibility index (Phi) is 6.23. The quantitative estimate of drug-likeness (QED) is 0.623. The third-order valence-electron chi connectivity index (χ3n) is 4.49. The van der Waals surface area contributed by atoms with Crippen LogP contribution in [0.4, 0.5) is 4.79 Å². The molecule has 3 rings (SSSR count). The molecule has 0 bridgehead atoms. The number of urea groups is 1. The van der Waals surface area contributed by atoms with Gasteiger partial charge in [-0.1, -0.05) is 30.3 Å². The van der Waals surface area contributed by atoms with E-state index in [0.717, 1.165) is 11.0 Å². The Hall–Kier alpha value is -3.68. The van der Waals surface area contributed by atoms with Crippen molar-refractivity contribution in [2.45, 2.75) is 13.0 Å². The number of nitrogens with one attached hydrogen (secondary N) is 2. The second-order valence-electron chi connectivity index (χ2n) is 6.39. The highest BCUT2D eigenvalue weighted by atomic mass is 16.5. The lowest BCUT2D eigenvalue weighted by Crippen LogP contribution is -2.49. The Balaban J connectivity index is 1.50. The zero-order valence-electron chi connectivity index (χ0n) is 16.5. The number of furan rings is 1. The van der Waals surface area contributed by atoms with Crippen LogP contribution >= 0.6 is 0 Å². The molecule has 0 fully saturated rings. The Morgan fingerprint density at radius 1 is 1.07 bits per heavy atom. The van der Waals surface area contributed by atoms with Gasteiger partial charge in [0.25, 0.3) is 5.91 Å². The fraction of sp³-hybridized carbons (Fsp3) is 0.238. The summed E-state index contributed by atoms with van der Waals surface area (Å²) in [5.74, 6) is 1.10. The van der Waals surface area contributed by atoms with Gasteiger partial charge in [0.15, 0.2) is 18.1 Å². The fourth-order valence-electron chi connectivity index (χ4n) is 2.70. The first-order valence-corrected chi connectivity index (χ1v) is 9.05. The number of methoxy groups -OCH3 is 1. The normalized spacial score (nSPS) is 11.6. The molecule has 29 heavy (non-hydrogen) atoms. The molecule has 1 atom stereocenters. The Bertz CT molecular complexity index is 968. The van der Waals surface area contributed by atoms with E-state index in [4.69, 9.17) is 13.9 Å². The summed E-state index contributed by atoms with van der Waals surface area (Å²) in [6.07, 6.45) is 0. The minimum Gasteiger partial charge on any atom is -0.493 e. The first kappa shape index (κ1) is 20.1. The molecule has 0 saturated heterocycles. The van der Waals surface area contributed by atoms with Crippen molar-refractivity contribution >= 4 is 22.9 Å². The summed E-state index contributed by atoms with van der Waals surface area (Å²) in [7, 11) is 3.13. The van der Waals surface area contributed by atoms with Crippen LogP contribution in [0.3, 0.4) is 0 Å². The van der Waals surface area contributed by atoms with Crippen LogP contribution in [0.15, 0.2) is 59.0 Å². The maximum absolute atomic E-state index is 12.3. The summed E-state index contributed by atoms with van der Waals surface area (Å²) in [5, 5.41) is 0.963. The Morgan fingerprint density at radius 2 is 1.76 bits per heavy atom. The van der Waals surface area contributed by atoms with Gasteiger partial charge in [0, 0.05) is 12.4 Å². The molecule has 3 amide bonds. The maximum atomic E-state index is 12.3. The van der Waals surface area contributed by atoms with Gasteiger partial charge in [-0.3, -0.25) is 10.2 Å². The second kappa shape index (κ2) is 9.01. The van der Waals surface area contributed by atoms with Gasteiger partial charge in [0.2, 0.25) is 0 Å². The van der Waals surface area contributed by atoms with Gasteiger partial charge in [0.05, 0.1) is 13.2 Å². The molecule has 0 aliphatic carbocycles. The summed E-state index contributed by atoms with van der Waals surface area (Å²) < 4.78 is 16.4. The van der Waals surface area contributed by atoms with E-state index in [0.29, 0.717) is 17.3 Å². The average Bonchev–Trinajstić information content (AvgIpc) is 3.19. The first-order valence-electron chi connectivity index (χ1n) is 9.05. The lowest BCUT2D eigenvalue weighted by molar-refractivity contribution is -0.123. The number of hydrazine groups is 1. The van der Waals surface area contributed by atoms with Crippen LogP contribution in [0.2, 0.25) is 0 Å². The van der Waals surface area contributed by atoms with Gasteiger partial charge in [-0.2, -0.15) is 0 Å². The summed E-state index contributed by atoms with van der Waals surface area (Å²) in [6, 6.07) is 15.7. The lowest BCUT2D eigenvalue weighted by atomic mass is 10.2. The Morgan fingerprint density at radius 3 is 2.48 bits per heavy atom. The average molecular weight is 397 g/mol. The largest absolute Gasteiger partial charge is 0.493 e. The molecule has 2 N–H and O–H groups in total. The zero-order chi connectivity index (χ0) is 20.8. The molecule has 0 saturated carbocycles. The molecular weight excluding hydrogens is 374 g/mol. The number of carbonyl (C=O) groups is 2. The topological polar surface area (TPSA) is 93.0 Å². The number of fused-ring (bicyclic) bond motifs is 1. The molecule has 2 aromatic carbocycles. The van der Waals surface area contributed by atoms with Crippen LogP contribution < -0.4 is 20.3 Å². The van der Waals surface area contributed by atoms with E-state index in [1.165, 1.54) is 12.0 Å². The van der Waals surface area contributed by atoms with Gasteiger partial charge in [-0.15, -0.1) is 0 Å². The third-order valence-corrected chi connectivity index (χ3v) is 4.49. The summed E-state index contributed by atoms with van der Waals surface area (Å²) in [4.78, 5) is 25.8. The minimum absolute atomic E-state index is 0.274. The van der Waals surface area contributed by atoms with Crippen molar-refractivity contribution in [2.75, 3.05) is 20.8 Å². The van der Waals surface area contributed by atoms with E-state index in [-0.39, 0.29) is 12.6 Å². The van der Waals surface area contributed by atoms with Gasteiger partial charge >= 0.3 is 6.03 Å². The van der Waals surface area contributed by atoms with E-state index >= 15 is 0 Å². The molecule has 0 aliphatic rings.